The summed E-state index contributed by atoms with van der Waals surface area (Å²) >= 11 is 0. The molecule has 262 valence electrons. The fourth-order valence-corrected chi connectivity index (χ4v) is 15.3. The summed E-state index contributed by atoms with van der Waals surface area (Å²) in [7, 11) is -4.23. The van der Waals surface area contributed by atoms with E-state index in [0.717, 1.165) is 57.8 Å². The Morgan fingerprint density at radius 2 is 0.922 bits per heavy atom. The van der Waals surface area contributed by atoms with Crippen molar-refractivity contribution in [1.82, 2.24) is 0 Å². The Morgan fingerprint density at radius 1 is 0.490 bits per heavy atom. The molecule has 0 heterocycles. The summed E-state index contributed by atoms with van der Waals surface area (Å²) in [6.07, 6.45) is 3.70. The van der Waals surface area contributed by atoms with Gasteiger partial charge in [0, 0.05) is 0 Å². The third-order valence-corrected chi connectivity index (χ3v) is 17.6. The molecule has 6 rings (SSSR count). The van der Waals surface area contributed by atoms with E-state index in [4.69, 9.17) is 13.4 Å². The van der Waals surface area contributed by atoms with Gasteiger partial charge in [0.25, 0.3) is 0 Å². The quantitative estimate of drug-likeness (QED) is 0.0697. The van der Waals surface area contributed by atoms with E-state index in [0.29, 0.717) is 25.8 Å². The van der Waals surface area contributed by atoms with Gasteiger partial charge < -0.3 is 4.74 Å². The molecule has 0 aromatic heterocycles. The second-order valence-corrected chi connectivity index (χ2v) is 19.1. The Balaban J connectivity index is 1.27. The molecule has 0 fully saturated rings. The molecule has 0 amide bonds. The standard InChI is InChI=1S/C44H45O5PS/c1-37-26-32-44(33-27-37)51(45,46)49-50(41-20-8-3-9-21-41,42-22-10-4-11-23-42,43-24-12-5-13-25-43)36-16-17-38-28-30-40(31-29-38)48-35-15-14-34-47-39-18-6-2-7-19-39/h2-13,18-33H,14-17,34-36H2,1H3. The van der Waals surface area contributed by atoms with E-state index in [9.17, 15) is 8.42 Å². The Kier molecular flexibility index (Phi) is 11.7. The van der Waals surface area contributed by atoms with Gasteiger partial charge in [0.05, 0.1) is 0 Å². The van der Waals surface area contributed by atoms with Crippen LogP contribution in [0.25, 0.3) is 0 Å². The van der Waals surface area contributed by atoms with Crippen molar-refractivity contribution in [3.63, 3.8) is 0 Å². The molecule has 0 aliphatic carbocycles. The van der Waals surface area contributed by atoms with Gasteiger partial charge in [-0.05, 0) is 12.1 Å². The Morgan fingerprint density at radius 3 is 1.39 bits per heavy atom. The molecule has 7 heteroatoms. The summed E-state index contributed by atoms with van der Waals surface area (Å²) < 4.78 is 47.9. The summed E-state index contributed by atoms with van der Waals surface area (Å²) in [4.78, 5) is 0.143. The van der Waals surface area contributed by atoms with Crippen molar-refractivity contribution in [2.24, 2.45) is 0 Å². The molecule has 0 bridgehead atoms. The van der Waals surface area contributed by atoms with Gasteiger partial charge in [0.1, 0.15) is 5.75 Å². The average Bonchev–Trinajstić information content (AvgIpc) is 3.18. The van der Waals surface area contributed by atoms with E-state index in [2.05, 4.69) is 12.1 Å². The number of aryl methyl sites for hydroxylation is 2. The van der Waals surface area contributed by atoms with Crippen LogP contribution in [-0.4, -0.2) is 27.8 Å². The second-order valence-electron chi connectivity index (χ2n) is 12.7. The summed E-state index contributed by atoms with van der Waals surface area (Å²) in [6, 6.07) is 54.9. The van der Waals surface area contributed by atoms with E-state index >= 15 is 0 Å². The Bertz CT molecular complexity index is 1960. The maximum atomic E-state index is 14.6. The zero-order chi connectivity index (χ0) is 35.4. The monoisotopic (exact) mass is 716 g/mol. The van der Waals surface area contributed by atoms with Gasteiger partial charge in [-0.2, -0.15) is 0 Å². The first-order valence-electron chi connectivity index (χ1n) is 17.5. The van der Waals surface area contributed by atoms with Crippen molar-refractivity contribution in [3.05, 3.63) is 181 Å². The van der Waals surface area contributed by atoms with Gasteiger partial charge in [0.15, 0.2) is 0 Å². The number of hydrogen-bond donors (Lipinski definition) is 0. The van der Waals surface area contributed by atoms with Crippen molar-refractivity contribution < 1.29 is 21.9 Å². The van der Waals surface area contributed by atoms with E-state index in [1.165, 1.54) is 0 Å². The molecule has 0 radical (unpaired) electrons. The molecular weight excluding hydrogens is 672 g/mol. The molecule has 0 atom stereocenters. The molecular formula is C44H45O5PS. The van der Waals surface area contributed by atoms with Crippen LogP contribution in [0.1, 0.15) is 30.4 Å². The van der Waals surface area contributed by atoms with Crippen LogP contribution in [0.15, 0.2) is 175 Å². The number of para-hydroxylation sites is 1. The second kappa shape index (κ2) is 16.5. The molecule has 0 saturated heterocycles. The van der Waals surface area contributed by atoms with E-state index < -0.39 is 16.9 Å². The van der Waals surface area contributed by atoms with Crippen molar-refractivity contribution in [2.75, 3.05) is 19.4 Å². The molecule has 6 aromatic carbocycles. The first kappa shape index (κ1) is 36.1. The van der Waals surface area contributed by atoms with Crippen molar-refractivity contribution in [3.8, 4) is 11.5 Å². The zero-order valence-corrected chi connectivity index (χ0v) is 30.7. The summed E-state index contributed by atoms with van der Waals surface area (Å²) in [5, 5.41) is 2.61. The van der Waals surface area contributed by atoms with Gasteiger partial charge in [-0.3, -0.25) is 0 Å². The average molecular weight is 717 g/mol. The van der Waals surface area contributed by atoms with Crippen LogP contribution in [0.5, 0.6) is 11.5 Å². The number of hydrogen-bond acceptors (Lipinski definition) is 5. The predicted octanol–water partition coefficient (Wildman–Crippen LogP) is 9.02. The van der Waals surface area contributed by atoms with Gasteiger partial charge in [-0.15, -0.1) is 0 Å². The molecule has 5 nitrogen and oxygen atoms in total. The molecule has 0 aliphatic rings. The van der Waals surface area contributed by atoms with Crippen LogP contribution in [-0.2, 0) is 20.5 Å². The Hall–Kier alpha value is -4.74. The van der Waals surface area contributed by atoms with E-state index in [1.807, 2.05) is 153 Å². The van der Waals surface area contributed by atoms with Gasteiger partial charge in [0.2, 0.25) is 0 Å². The van der Waals surface area contributed by atoms with Crippen molar-refractivity contribution >= 4 is 32.9 Å². The Labute approximate surface area is 303 Å². The zero-order valence-electron chi connectivity index (χ0n) is 29.0. The molecule has 0 saturated carbocycles. The van der Waals surface area contributed by atoms with Crippen molar-refractivity contribution in [2.45, 2.75) is 37.5 Å². The van der Waals surface area contributed by atoms with Gasteiger partial charge in [-0.25, -0.2) is 0 Å². The molecule has 0 aliphatic heterocycles. The fourth-order valence-electron chi connectivity index (χ4n) is 6.63. The first-order valence-corrected chi connectivity index (χ1v) is 21.2. The van der Waals surface area contributed by atoms with Crippen LogP contribution in [0.2, 0.25) is 0 Å². The van der Waals surface area contributed by atoms with Crippen LogP contribution >= 0.6 is 6.83 Å². The van der Waals surface area contributed by atoms with E-state index in [1.54, 1.807) is 12.1 Å². The van der Waals surface area contributed by atoms with Crippen LogP contribution in [0.4, 0.5) is 0 Å². The minimum atomic E-state index is -4.23. The number of unbranched alkanes of at least 4 members (excludes halogenated alkanes) is 1. The summed E-state index contributed by atoms with van der Waals surface area (Å²) in [5.74, 6) is 1.71. The minimum absolute atomic E-state index is 0.143. The normalized spacial score (nSPS) is 12.5. The third kappa shape index (κ3) is 8.26. The fraction of sp³-hybridized carbons (Fsp3) is 0.182. The summed E-state index contributed by atoms with van der Waals surface area (Å²) in [6.45, 7) is -0.968. The predicted molar refractivity (Wildman–Crippen MR) is 211 cm³/mol. The van der Waals surface area contributed by atoms with Gasteiger partial charge >= 0.3 is 263 Å². The number of benzene rings is 6. The molecule has 6 aromatic rings. The SMILES string of the molecule is Cc1ccc(S(=O)(=O)OP(CCCc2ccc(OCCCCOc3ccccc3)cc2)(c2ccccc2)(c2ccccc2)c2ccccc2)cc1. The molecule has 51 heavy (non-hydrogen) atoms. The van der Waals surface area contributed by atoms with Crippen LogP contribution in [0, 0.1) is 6.92 Å². The third-order valence-electron chi connectivity index (χ3n) is 9.27. The van der Waals surface area contributed by atoms with Gasteiger partial charge in [-0.1, -0.05) is 18.2 Å². The van der Waals surface area contributed by atoms with Crippen molar-refractivity contribution in [1.29, 1.82) is 0 Å². The van der Waals surface area contributed by atoms with Crippen LogP contribution < -0.4 is 25.4 Å². The van der Waals surface area contributed by atoms with E-state index in [-0.39, 0.29) is 4.90 Å². The summed E-state index contributed by atoms with van der Waals surface area (Å²) in [5.41, 5.74) is 2.12. The molecule has 0 N–H and O–H groups in total. The molecule has 0 unspecified atom stereocenters. The number of ether oxygens (including phenoxy) is 2. The number of rotatable bonds is 17. The topological polar surface area (TPSA) is 61.8 Å². The van der Waals surface area contributed by atoms with Crippen LogP contribution in [0.3, 0.4) is 0 Å². The molecule has 0 spiro atoms. The maximum absolute atomic E-state index is 14.6. The first-order chi connectivity index (χ1) is 24.9.